The molecular weight excluding hydrogens is 342 g/mol. The number of nitrogens with zero attached hydrogens (tertiary/aromatic N) is 3. The fourth-order valence-corrected chi connectivity index (χ4v) is 3.61. The van der Waals surface area contributed by atoms with Gasteiger partial charge >= 0.3 is 0 Å². The number of hydrogen-bond donors (Lipinski definition) is 2. The van der Waals surface area contributed by atoms with E-state index in [1.807, 2.05) is 17.5 Å². The Hall–Kier alpha value is -1.51. The van der Waals surface area contributed by atoms with Crippen LogP contribution in [0.4, 0.5) is 0 Å². The zero-order chi connectivity index (χ0) is 17.7. The lowest BCUT2D eigenvalue weighted by Crippen LogP contribution is -2.43. The summed E-state index contributed by atoms with van der Waals surface area (Å²) in [5.74, 6) is 0.647. The van der Waals surface area contributed by atoms with E-state index in [1.165, 1.54) is 0 Å². The molecule has 0 aromatic carbocycles. The van der Waals surface area contributed by atoms with Gasteiger partial charge in [-0.1, -0.05) is 6.07 Å². The Morgan fingerprint density at radius 1 is 1.42 bits per heavy atom. The van der Waals surface area contributed by atoms with E-state index in [4.69, 9.17) is 12.2 Å². The van der Waals surface area contributed by atoms with E-state index in [0.29, 0.717) is 29.2 Å². The highest BCUT2D eigenvalue weighted by atomic mass is 32.1. The van der Waals surface area contributed by atoms with Gasteiger partial charge in [0, 0.05) is 25.2 Å². The van der Waals surface area contributed by atoms with Crippen molar-refractivity contribution in [3.8, 4) is 10.7 Å². The average molecular weight is 368 g/mol. The van der Waals surface area contributed by atoms with E-state index in [9.17, 15) is 4.79 Å². The van der Waals surface area contributed by atoms with Crippen molar-refractivity contribution in [2.24, 2.45) is 0 Å². The van der Waals surface area contributed by atoms with E-state index < -0.39 is 0 Å². The molecule has 2 aromatic heterocycles. The first-order valence-electron chi connectivity index (χ1n) is 8.11. The fourth-order valence-electron chi connectivity index (χ4n) is 2.69. The average Bonchev–Trinajstić information content (AvgIpc) is 3.13. The van der Waals surface area contributed by atoms with E-state index in [1.54, 1.807) is 15.9 Å². The van der Waals surface area contributed by atoms with Gasteiger partial charge in [-0.05, 0) is 51.4 Å². The lowest BCUT2D eigenvalue weighted by molar-refractivity contribution is -0.121. The minimum Gasteiger partial charge on any atom is -0.353 e. The molecular formula is C16H25N5OS2. The highest BCUT2D eigenvalue weighted by Crippen LogP contribution is 2.22. The molecule has 0 fully saturated rings. The van der Waals surface area contributed by atoms with Crippen LogP contribution in [0.1, 0.15) is 27.7 Å². The molecule has 0 unspecified atom stereocenters. The SMILES string of the molecule is CC(C)N(CCNC(=O)Cn1c(-c2cccs2)n[nH]c1=S)C(C)C. The van der Waals surface area contributed by atoms with Crippen molar-refractivity contribution in [2.75, 3.05) is 13.1 Å². The molecule has 0 atom stereocenters. The summed E-state index contributed by atoms with van der Waals surface area (Å²) in [6, 6.07) is 4.83. The van der Waals surface area contributed by atoms with Gasteiger partial charge in [0.2, 0.25) is 5.91 Å². The molecule has 0 radical (unpaired) electrons. The number of carbonyl (C=O) groups excluding carboxylic acids is 1. The number of aromatic nitrogens is 3. The van der Waals surface area contributed by atoms with E-state index in [-0.39, 0.29) is 12.5 Å². The summed E-state index contributed by atoms with van der Waals surface area (Å²) in [7, 11) is 0. The normalized spacial score (nSPS) is 11.6. The second-order valence-corrected chi connectivity index (χ2v) is 7.53. The predicted molar refractivity (Wildman–Crippen MR) is 101 cm³/mol. The molecule has 0 saturated heterocycles. The van der Waals surface area contributed by atoms with Crippen molar-refractivity contribution in [1.29, 1.82) is 0 Å². The zero-order valence-corrected chi connectivity index (χ0v) is 16.2. The van der Waals surface area contributed by atoms with Crippen LogP contribution in [0.3, 0.4) is 0 Å². The Balaban J connectivity index is 1.94. The molecule has 6 nitrogen and oxygen atoms in total. The van der Waals surface area contributed by atoms with Gasteiger partial charge in [-0.2, -0.15) is 5.10 Å². The Morgan fingerprint density at radius 3 is 2.71 bits per heavy atom. The standard InChI is InChI=1S/C16H25N5OS2/c1-11(2)20(12(3)4)8-7-17-14(22)10-21-15(18-19-16(21)23)13-6-5-9-24-13/h5-6,9,11-12H,7-8,10H2,1-4H3,(H,17,22)(H,19,23). The Kier molecular flexibility index (Phi) is 6.70. The van der Waals surface area contributed by atoms with Crippen molar-refractivity contribution in [3.63, 3.8) is 0 Å². The summed E-state index contributed by atoms with van der Waals surface area (Å²) in [5.41, 5.74) is 0. The van der Waals surface area contributed by atoms with Crippen molar-refractivity contribution in [1.82, 2.24) is 25.0 Å². The van der Waals surface area contributed by atoms with Gasteiger partial charge in [-0.25, -0.2) is 0 Å². The number of hydrogen-bond acceptors (Lipinski definition) is 5. The molecule has 0 bridgehead atoms. The van der Waals surface area contributed by atoms with E-state index in [0.717, 1.165) is 11.4 Å². The van der Waals surface area contributed by atoms with Crippen molar-refractivity contribution < 1.29 is 4.79 Å². The maximum absolute atomic E-state index is 12.3. The Morgan fingerprint density at radius 2 is 2.12 bits per heavy atom. The maximum Gasteiger partial charge on any atom is 0.240 e. The largest absolute Gasteiger partial charge is 0.353 e. The Labute approximate surface area is 151 Å². The first kappa shape index (κ1) is 18.8. The predicted octanol–water partition coefficient (Wildman–Crippen LogP) is 2.90. The number of nitrogens with one attached hydrogen (secondary N) is 2. The summed E-state index contributed by atoms with van der Waals surface area (Å²) < 4.78 is 2.19. The summed E-state index contributed by atoms with van der Waals surface area (Å²) in [5, 5.41) is 12.0. The van der Waals surface area contributed by atoms with Crippen LogP contribution in [0.25, 0.3) is 10.7 Å². The number of thiophene rings is 1. The lowest BCUT2D eigenvalue weighted by Gasteiger charge is -2.30. The van der Waals surface area contributed by atoms with Crippen LogP contribution in [0.15, 0.2) is 17.5 Å². The molecule has 0 saturated carbocycles. The molecule has 0 aliphatic carbocycles. The monoisotopic (exact) mass is 367 g/mol. The van der Waals surface area contributed by atoms with Crippen LogP contribution in [-0.2, 0) is 11.3 Å². The van der Waals surface area contributed by atoms with Crippen molar-refractivity contribution in [2.45, 2.75) is 46.3 Å². The number of carbonyl (C=O) groups is 1. The second kappa shape index (κ2) is 8.55. The molecule has 2 heterocycles. The minimum atomic E-state index is -0.0576. The molecule has 2 aromatic rings. The zero-order valence-electron chi connectivity index (χ0n) is 14.6. The van der Waals surface area contributed by atoms with Gasteiger partial charge in [0.25, 0.3) is 0 Å². The van der Waals surface area contributed by atoms with Gasteiger partial charge in [0.05, 0.1) is 4.88 Å². The minimum absolute atomic E-state index is 0.0576. The highest BCUT2D eigenvalue weighted by molar-refractivity contribution is 7.71. The van der Waals surface area contributed by atoms with Crippen LogP contribution in [0.5, 0.6) is 0 Å². The van der Waals surface area contributed by atoms with Crippen LogP contribution >= 0.6 is 23.6 Å². The third-order valence-corrected chi connectivity index (χ3v) is 5.00. The van der Waals surface area contributed by atoms with Gasteiger partial charge in [0.15, 0.2) is 10.6 Å². The molecule has 132 valence electrons. The number of aromatic amines is 1. The van der Waals surface area contributed by atoms with Gasteiger partial charge in [0.1, 0.15) is 6.54 Å². The summed E-state index contributed by atoms with van der Waals surface area (Å²) in [6.45, 7) is 10.3. The molecule has 0 aliphatic rings. The molecule has 8 heteroatoms. The van der Waals surface area contributed by atoms with Crippen molar-refractivity contribution >= 4 is 29.5 Å². The second-order valence-electron chi connectivity index (χ2n) is 6.19. The van der Waals surface area contributed by atoms with Crippen molar-refractivity contribution in [3.05, 3.63) is 22.3 Å². The maximum atomic E-state index is 12.3. The molecule has 1 amide bonds. The van der Waals surface area contributed by atoms with Gasteiger partial charge in [-0.15, -0.1) is 11.3 Å². The molecule has 2 rings (SSSR count). The Bertz CT molecular complexity index is 694. The first-order chi connectivity index (χ1) is 11.4. The van der Waals surface area contributed by atoms with E-state index in [2.05, 4.69) is 48.1 Å². The van der Waals surface area contributed by atoms with Gasteiger partial charge in [-0.3, -0.25) is 19.4 Å². The molecule has 2 N–H and O–H groups in total. The summed E-state index contributed by atoms with van der Waals surface area (Å²) in [4.78, 5) is 15.6. The van der Waals surface area contributed by atoms with Crippen LogP contribution in [0.2, 0.25) is 0 Å². The highest BCUT2D eigenvalue weighted by Gasteiger charge is 2.15. The molecule has 0 aliphatic heterocycles. The van der Waals surface area contributed by atoms with Gasteiger partial charge < -0.3 is 5.32 Å². The van der Waals surface area contributed by atoms with E-state index >= 15 is 0 Å². The smallest absolute Gasteiger partial charge is 0.240 e. The number of rotatable bonds is 8. The third kappa shape index (κ3) is 4.75. The van der Waals surface area contributed by atoms with Crippen LogP contribution in [-0.4, -0.2) is 50.7 Å². The fraction of sp³-hybridized carbons (Fsp3) is 0.562. The first-order valence-corrected chi connectivity index (χ1v) is 9.40. The van der Waals surface area contributed by atoms with Crippen LogP contribution in [0, 0.1) is 4.77 Å². The summed E-state index contributed by atoms with van der Waals surface area (Å²) in [6.07, 6.45) is 0. The lowest BCUT2D eigenvalue weighted by atomic mass is 10.2. The quantitative estimate of drug-likeness (QED) is 0.704. The number of H-pyrrole nitrogens is 1. The van der Waals surface area contributed by atoms with Crippen LogP contribution < -0.4 is 5.32 Å². The third-order valence-electron chi connectivity index (χ3n) is 3.82. The molecule has 0 spiro atoms. The summed E-state index contributed by atoms with van der Waals surface area (Å²) >= 11 is 6.82. The molecule has 24 heavy (non-hydrogen) atoms. The number of amides is 1. The topological polar surface area (TPSA) is 66.0 Å².